The van der Waals surface area contributed by atoms with Crippen LogP contribution in [0.5, 0.6) is 0 Å². The highest BCUT2D eigenvalue weighted by atomic mass is 32.2. The zero-order valence-electron chi connectivity index (χ0n) is 12.5. The number of rotatable bonds is 4. The molecule has 1 heterocycles. The van der Waals surface area contributed by atoms with E-state index in [0.717, 1.165) is 5.56 Å². The minimum absolute atomic E-state index is 0.0446. The molecule has 1 atom stereocenters. The van der Waals surface area contributed by atoms with Crippen molar-refractivity contribution in [2.45, 2.75) is 38.9 Å². The van der Waals surface area contributed by atoms with Gasteiger partial charge in [-0.1, -0.05) is 30.3 Å². The van der Waals surface area contributed by atoms with Gasteiger partial charge in [-0.05, 0) is 25.8 Å². The Bertz CT molecular complexity index is 584. The van der Waals surface area contributed by atoms with Crippen LogP contribution in [0.15, 0.2) is 30.3 Å². The summed E-state index contributed by atoms with van der Waals surface area (Å²) in [5.74, 6) is 0.217. The number of hydrogen-bond acceptors (Lipinski definition) is 3. The van der Waals surface area contributed by atoms with Crippen LogP contribution < -0.4 is 5.32 Å². The number of nitrogens with one attached hydrogen (secondary N) is 1. The van der Waals surface area contributed by atoms with Gasteiger partial charge in [-0.25, -0.2) is 13.2 Å². The molecule has 2 amide bonds. The summed E-state index contributed by atoms with van der Waals surface area (Å²) in [5, 5.41) is 2.84. The second-order valence-electron chi connectivity index (χ2n) is 5.76. The van der Waals surface area contributed by atoms with Crippen LogP contribution in [0, 0.1) is 0 Å². The van der Waals surface area contributed by atoms with E-state index in [0.29, 0.717) is 13.0 Å². The van der Waals surface area contributed by atoms with E-state index in [-0.39, 0.29) is 29.6 Å². The lowest BCUT2D eigenvalue weighted by Gasteiger charge is -2.28. The van der Waals surface area contributed by atoms with Crippen molar-refractivity contribution in [2.24, 2.45) is 0 Å². The molecular formula is C15H22N2O3S. The maximum Gasteiger partial charge on any atom is 0.318 e. The molecule has 1 aliphatic rings. The van der Waals surface area contributed by atoms with Crippen LogP contribution >= 0.6 is 0 Å². The first-order valence-electron chi connectivity index (χ1n) is 7.19. The lowest BCUT2D eigenvalue weighted by atomic mass is 10.2. The van der Waals surface area contributed by atoms with Crippen molar-refractivity contribution in [3.63, 3.8) is 0 Å². The van der Waals surface area contributed by atoms with Crippen molar-refractivity contribution in [1.82, 2.24) is 10.2 Å². The molecule has 0 saturated carbocycles. The molecule has 0 radical (unpaired) electrons. The summed E-state index contributed by atoms with van der Waals surface area (Å²) in [6.45, 7) is 4.42. The fourth-order valence-electron chi connectivity index (χ4n) is 2.44. The molecule has 0 bridgehead atoms. The van der Waals surface area contributed by atoms with Crippen LogP contribution in [0.25, 0.3) is 0 Å². The minimum atomic E-state index is -2.98. The third-order valence-corrected chi connectivity index (χ3v) is 5.41. The maximum absolute atomic E-state index is 12.4. The summed E-state index contributed by atoms with van der Waals surface area (Å²) >= 11 is 0. The highest BCUT2D eigenvalue weighted by Gasteiger charge is 2.30. The zero-order chi connectivity index (χ0) is 15.5. The average Bonchev–Trinajstić information content (AvgIpc) is 2.76. The predicted octanol–water partition coefficient (Wildman–Crippen LogP) is 1.79. The number of hydrogen-bond donors (Lipinski definition) is 1. The summed E-state index contributed by atoms with van der Waals surface area (Å²) < 4.78 is 22.9. The number of sulfone groups is 1. The summed E-state index contributed by atoms with van der Waals surface area (Å²) in [6, 6.07) is 9.35. The van der Waals surface area contributed by atoms with Gasteiger partial charge in [0.1, 0.15) is 0 Å². The highest BCUT2D eigenvalue weighted by molar-refractivity contribution is 7.91. The van der Waals surface area contributed by atoms with Crippen molar-refractivity contribution in [3.05, 3.63) is 35.9 Å². The zero-order valence-corrected chi connectivity index (χ0v) is 13.3. The molecule has 1 aliphatic heterocycles. The van der Waals surface area contributed by atoms with E-state index in [9.17, 15) is 13.2 Å². The van der Waals surface area contributed by atoms with E-state index in [2.05, 4.69) is 5.32 Å². The van der Waals surface area contributed by atoms with Gasteiger partial charge in [-0.15, -0.1) is 0 Å². The summed E-state index contributed by atoms with van der Waals surface area (Å²) in [4.78, 5) is 14.1. The third-order valence-electron chi connectivity index (χ3n) is 3.64. The Hall–Kier alpha value is -1.56. The molecule has 1 aromatic carbocycles. The Labute approximate surface area is 126 Å². The lowest BCUT2D eigenvalue weighted by molar-refractivity contribution is 0.177. The van der Waals surface area contributed by atoms with Crippen molar-refractivity contribution < 1.29 is 13.2 Å². The van der Waals surface area contributed by atoms with Gasteiger partial charge in [0.05, 0.1) is 11.5 Å². The van der Waals surface area contributed by atoms with Crippen LogP contribution in [-0.4, -0.2) is 42.9 Å². The van der Waals surface area contributed by atoms with Crippen molar-refractivity contribution in [2.75, 3.05) is 11.5 Å². The molecule has 2 rings (SSSR count). The number of urea groups is 1. The van der Waals surface area contributed by atoms with E-state index in [4.69, 9.17) is 0 Å². The van der Waals surface area contributed by atoms with E-state index < -0.39 is 9.84 Å². The molecule has 5 nitrogen and oxygen atoms in total. The Balaban J connectivity index is 2.00. The molecule has 1 saturated heterocycles. The van der Waals surface area contributed by atoms with Gasteiger partial charge in [0.2, 0.25) is 0 Å². The van der Waals surface area contributed by atoms with Gasteiger partial charge in [0, 0.05) is 18.6 Å². The van der Waals surface area contributed by atoms with Crippen molar-refractivity contribution in [3.8, 4) is 0 Å². The van der Waals surface area contributed by atoms with Crippen LogP contribution in [-0.2, 0) is 16.4 Å². The summed E-state index contributed by atoms with van der Waals surface area (Å²) in [5.41, 5.74) is 1.06. The summed E-state index contributed by atoms with van der Waals surface area (Å²) in [6.07, 6.45) is 0.505. The number of benzene rings is 1. The monoisotopic (exact) mass is 310 g/mol. The molecule has 6 heteroatoms. The lowest BCUT2D eigenvalue weighted by Crippen LogP contribution is -2.47. The molecule has 0 aliphatic carbocycles. The molecule has 1 N–H and O–H groups in total. The van der Waals surface area contributed by atoms with Crippen LogP contribution in [0.3, 0.4) is 0 Å². The van der Waals surface area contributed by atoms with Crippen LogP contribution in [0.2, 0.25) is 0 Å². The number of nitrogens with zero attached hydrogens (tertiary/aromatic N) is 1. The van der Waals surface area contributed by atoms with Gasteiger partial charge >= 0.3 is 6.03 Å². The van der Waals surface area contributed by atoms with Gasteiger partial charge in [-0.3, -0.25) is 0 Å². The Morgan fingerprint density at radius 1 is 1.33 bits per heavy atom. The molecule has 1 unspecified atom stereocenters. The van der Waals surface area contributed by atoms with Crippen LogP contribution in [0.1, 0.15) is 25.8 Å². The minimum Gasteiger partial charge on any atom is -0.334 e. The number of carbonyl (C=O) groups is 1. The largest absolute Gasteiger partial charge is 0.334 e. The van der Waals surface area contributed by atoms with E-state index in [1.807, 2.05) is 44.2 Å². The standard InChI is InChI=1S/C15H22N2O3S/c1-12(2)17(10-13-6-4-3-5-7-13)15(18)16-14-8-9-21(19,20)11-14/h3-7,12,14H,8-11H2,1-2H3,(H,16,18). The second-order valence-corrected chi connectivity index (χ2v) is 7.99. The van der Waals surface area contributed by atoms with E-state index in [1.54, 1.807) is 4.90 Å². The first-order valence-corrected chi connectivity index (χ1v) is 9.01. The first-order chi connectivity index (χ1) is 9.87. The van der Waals surface area contributed by atoms with E-state index in [1.165, 1.54) is 0 Å². The molecule has 0 spiro atoms. The van der Waals surface area contributed by atoms with Crippen LogP contribution in [0.4, 0.5) is 4.79 Å². The SMILES string of the molecule is CC(C)N(Cc1ccccc1)C(=O)NC1CCS(=O)(=O)C1. The maximum atomic E-state index is 12.4. The fraction of sp³-hybridized carbons (Fsp3) is 0.533. The Morgan fingerprint density at radius 3 is 2.52 bits per heavy atom. The predicted molar refractivity (Wildman–Crippen MR) is 82.7 cm³/mol. The van der Waals surface area contributed by atoms with Gasteiger partial charge < -0.3 is 10.2 Å². The molecule has 116 valence electrons. The third kappa shape index (κ3) is 4.46. The number of amides is 2. The van der Waals surface area contributed by atoms with Gasteiger partial charge in [0.25, 0.3) is 0 Å². The quantitative estimate of drug-likeness (QED) is 0.922. The molecule has 0 aromatic heterocycles. The summed E-state index contributed by atoms with van der Waals surface area (Å²) in [7, 11) is -2.98. The van der Waals surface area contributed by atoms with Gasteiger partial charge in [-0.2, -0.15) is 0 Å². The average molecular weight is 310 g/mol. The van der Waals surface area contributed by atoms with Crippen molar-refractivity contribution >= 4 is 15.9 Å². The molecule has 1 fully saturated rings. The molecule has 1 aromatic rings. The fourth-order valence-corrected chi connectivity index (χ4v) is 4.11. The van der Waals surface area contributed by atoms with E-state index >= 15 is 0 Å². The highest BCUT2D eigenvalue weighted by Crippen LogP contribution is 2.13. The number of carbonyl (C=O) groups excluding carboxylic acids is 1. The van der Waals surface area contributed by atoms with Crippen molar-refractivity contribution in [1.29, 1.82) is 0 Å². The molecule has 21 heavy (non-hydrogen) atoms. The normalized spacial score (nSPS) is 20.4. The Kier molecular flexibility index (Phi) is 4.88. The smallest absolute Gasteiger partial charge is 0.318 e. The van der Waals surface area contributed by atoms with Gasteiger partial charge in [0.15, 0.2) is 9.84 Å². The molecular weight excluding hydrogens is 288 g/mol. The first kappa shape index (κ1) is 15.8. The topological polar surface area (TPSA) is 66.5 Å². The Morgan fingerprint density at radius 2 is 2.00 bits per heavy atom. The second kappa shape index (κ2) is 6.47.